The second kappa shape index (κ2) is 10.2. The Bertz CT molecular complexity index is 1020. The Labute approximate surface area is 192 Å². The minimum Gasteiger partial charge on any atom is -0.341 e. The standard InChI is InChI=1S/C26H34N2O3S/c1-20-9-5-8-14-25(20)32(30,31)27-24(16-15-21-10-3-2-4-11-21)26(29)28-18-17-22-12-6-7-13-23(22)19-28/h2-5,8-11,14,22-24,27H,6-7,12-13,15-19H2,1H3/t22-,23-,24+/m0/s1. The number of amides is 1. The average molecular weight is 455 g/mol. The summed E-state index contributed by atoms with van der Waals surface area (Å²) in [6.45, 7) is 3.27. The first kappa shape index (κ1) is 23.0. The maximum absolute atomic E-state index is 13.6. The third-order valence-corrected chi connectivity index (χ3v) is 8.78. The molecule has 0 spiro atoms. The Hall–Kier alpha value is -2.18. The molecule has 1 aliphatic carbocycles. The summed E-state index contributed by atoms with van der Waals surface area (Å²) in [5, 5.41) is 0. The number of sulfonamides is 1. The molecule has 6 heteroatoms. The number of hydrogen-bond donors (Lipinski definition) is 1. The fraction of sp³-hybridized carbons (Fsp3) is 0.500. The molecule has 0 unspecified atom stereocenters. The maximum atomic E-state index is 13.6. The summed E-state index contributed by atoms with van der Waals surface area (Å²) in [4.78, 5) is 15.7. The number of likely N-dealkylation sites (tertiary alicyclic amines) is 1. The highest BCUT2D eigenvalue weighted by molar-refractivity contribution is 7.89. The Morgan fingerprint density at radius 1 is 1.00 bits per heavy atom. The summed E-state index contributed by atoms with van der Waals surface area (Å²) in [6.07, 6.45) is 7.10. The van der Waals surface area contributed by atoms with E-state index in [0.717, 1.165) is 31.0 Å². The second-order valence-electron chi connectivity index (χ2n) is 9.34. The lowest BCUT2D eigenvalue weighted by Crippen LogP contribution is -2.53. The quantitative estimate of drug-likeness (QED) is 0.678. The van der Waals surface area contributed by atoms with Crippen molar-refractivity contribution in [3.63, 3.8) is 0 Å². The van der Waals surface area contributed by atoms with Gasteiger partial charge in [-0.25, -0.2) is 8.42 Å². The van der Waals surface area contributed by atoms with E-state index in [0.29, 0.717) is 24.3 Å². The number of benzene rings is 2. The van der Waals surface area contributed by atoms with Gasteiger partial charge in [0.05, 0.1) is 4.90 Å². The second-order valence-corrected chi connectivity index (χ2v) is 11.0. The molecule has 2 aliphatic rings. The molecule has 1 heterocycles. The predicted octanol–water partition coefficient (Wildman–Crippen LogP) is 4.31. The Kier molecular flexibility index (Phi) is 7.31. The van der Waals surface area contributed by atoms with Crippen LogP contribution in [0.5, 0.6) is 0 Å². The number of nitrogens with zero attached hydrogens (tertiary/aromatic N) is 1. The SMILES string of the molecule is Cc1ccccc1S(=O)(=O)N[C@H](CCc1ccccc1)C(=O)N1CC[C@@H]2CCCC[C@H]2C1. The Morgan fingerprint density at radius 3 is 2.44 bits per heavy atom. The monoisotopic (exact) mass is 454 g/mol. The zero-order valence-corrected chi connectivity index (χ0v) is 19.7. The van der Waals surface area contributed by atoms with Crippen LogP contribution in [-0.4, -0.2) is 38.4 Å². The number of piperidine rings is 1. The third-order valence-electron chi connectivity index (χ3n) is 7.15. The molecule has 5 nitrogen and oxygen atoms in total. The number of carbonyl (C=O) groups excluding carboxylic acids is 1. The van der Waals surface area contributed by atoms with E-state index < -0.39 is 16.1 Å². The van der Waals surface area contributed by atoms with E-state index >= 15 is 0 Å². The third kappa shape index (κ3) is 5.41. The molecule has 3 atom stereocenters. The zero-order valence-electron chi connectivity index (χ0n) is 18.9. The number of carbonyl (C=O) groups is 1. The highest BCUT2D eigenvalue weighted by Gasteiger charge is 2.36. The van der Waals surface area contributed by atoms with Gasteiger partial charge in [0.1, 0.15) is 6.04 Å². The molecule has 2 fully saturated rings. The van der Waals surface area contributed by atoms with Crippen molar-refractivity contribution in [3.8, 4) is 0 Å². The van der Waals surface area contributed by atoms with Gasteiger partial charge in [-0.1, -0.05) is 67.8 Å². The van der Waals surface area contributed by atoms with Crippen LogP contribution in [0.25, 0.3) is 0 Å². The van der Waals surface area contributed by atoms with E-state index in [1.807, 2.05) is 41.3 Å². The molecule has 0 radical (unpaired) electrons. The van der Waals surface area contributed by atoms with Crippen LogP contribution < -0.4 is 4.72 Å². The van der Waals surface area contributed by atoms with Crippen molar-refractivity contribution < 1.29 is 13.2 Å². The predicted molar refractivity (Wildman–Crippen MR) is 127 cm³/mol. The fourth-order valence-electron chi connectivity index (χ4n) is 5.32. The molecule has 172 valence electrons. The van der Waals surface area contributed by atoms with Gasteiger partial charge in [0, 0.05) is 13.1 Å². The van der Waals surface area contributed by atoms with Gasteiger partial charge in [-0.15, -0.1) is 0 Å². The molecule has 0 bridgehead atoms. The summed E-state index contributed by atoms with van der Waals surface area (Å²) < 4.78 is 29.2. The van der Waals surface area contributed by atoms with E-state index in [1.54, 1.807) is 25.1 Å². The molecule has 2 aromatic rings. The van der Waals surface area contributed by atoms with E-state index in [-0.39, 0.29) is 10.8 Å². The minimum absolute atomic E-state index is 0.0814. The van der Waals surface area contributed by atoms with Crippen LogP contribution in [0, 0.1) is 18.8 Å². The van der Waals surface area contributed by atoms with Crippen molar-refractivity contribution in [2.75, 3.05) is 13.1 Å². The van der Waals surface area contributed by atoms with E-state index in [4.69, 9.17) is 0 Å². The average Bonchev–Trinajstić information content (AvgIpc) is 2.81. The van der Waals surface area contributed by atoms with Gasteiger partial charge in [0.15, 0.2) is 0 Å². The minimum atomic E-state index is -3.80. The largest absolute Gasteiger partial charge is 0.341 e. The van der Waals surface area contributed by atoms with Crippen molar-refractivity contribution >= 4 is 15.9 Å². The molecule has 1 saturated carbocycles. The van der Waals surface area contributed by atoms with Crippen molar-refractivity contribution in [3.05, 3.63) is 65.7 Å². The van der Waals surface area contributed by atoms with Crippen LogP contribution in [0.4, 0.5) is 0 Å². The van der Waals surface area contributed by atoms with Crippen LogP contribution in [0.15, 0.2) is 59.5 Å². The van der Waals surface area contributed by atoms with Gasteiger partial charge < -0.3 is 4.90 Å². The van der Waals surface area contributed by atoms with E-state index in [2.05, 4.69) is 4.72 Å². The first-order chi connectivity index (χ1) is 15.4. The number of aryl methyl sites for hydroxylation is 2. The lowest BCUT2D eigenvalue weighted by atomic mass is 9.75. The summed E-state index contributed by atoms with van der Waals surface area (Å²) >= 11 is 0. The van der Waals surface area contributed by atoms with Gasteiger partial charge in [-0.3, -0.25) is 4.79 Å². The van der Waals surface area contributed by atoms with Gasteiger partial charge in [-0.2, -0.15) is 4.72 Å². The molecular formula is C26H34N2O3S. The molecule has 1 aliphatic heterocycles. The van der Waals surface area contributed by atoms with Gasteiger partial charge in [0.2, 0.25) is 15.9 Å². The number of fused-ring (bicyclic) bond motifs is 1. The first-order valence-corrected chi connectivity index (χ1v) is 13.3. The highest BCUT2D eigenvalue weighted by atomic mass is 32.2. The van der Waals surface area contributed by atoms with Crippen LogP contribution in [0.3, 0.4) is 0 Å². The normalized spacial score (nSPS) is 22.2. The number of rotatable bonds is 7. The van der Waals surface area contributed by atoms with Crippen molar-refractivity contribution in [1.82, 2.24) is 9.62 Å². The zero-order chi connectivity index (χ0) is 22.6. The summed E-state index contributed by atoms with van der Waals surface area (Å²) in [6, 6.07) is 16.1. The lowest BCUT2D eigenvalue weighted by molar-refractivity contribution is -0.136. The molecule has 0 aromatic heterocycles. The lowest BCUT2D eigenvalue weighted by Gasteiger charge is -2.42. The van der Waals surface area contributed by atoms with Crippen molar-refractivity contribution in [2.24, 2.45) is 11.8 Å². The van der Waals surface area contributed by atoms with Crippen molar-refractivity contribution in [1.29, 1.82) is 0 Å². The van der Waals surface area contributed by atoms with Crippen LogP contribution in [0.2, 0.25) is 0 Å². The van der Waals surface area contributed by atoms with Crippen molar-refractivity contribution in [2.45, 2.75) is 62.8 Å². The summed E-state index contributed by atoms with van der Waals surface area (Å²) in [5.41, 5.74) is 1.78. The fourth-order valence-corrected chi connectivity index (χ4v) is 6.79. The smallest absolute Gasteiger partial charge is 0.241 e. The molecule has 2 aromatic carbocycles. The van der Waals surface area contributed by atoms with Gasteiger partial charge in [0.25, 0.3) is 0 Å². The molecule has 1 amide bonds. The maximum Gasteiger partial charge on any atom is 0.241 e. The summed E-state index contributed by atoms with van der Waals surface area (Å²) in [5.74, 6) is 1.20. The van der Waals surface area contributed by atoms with E-state index in [9.17, 15) is 13.2 Å². The highest BCUT2D eigenvalue weighted by Crippen LogP contribution is 2.36. The molecule has 32 heavy (non-hydrogen) atoms. The number of hydrogen-bond acceptors (Lipinski definition) is 3. The topological polar surface area (TPSA) is 66.5 Å². The first-order valence-electron chi connectivity index (χ1n) is 11.8. The Morgan fingerprint density at radius 2 is 1.69 bits per heavy atom. The Balaban J connectivity index is 1.53. The number of nitrogens with one attached hydrogen (secondary N) is 1. The molecule has 1 N–H and O–H groups in total. The molecule has 4 rings (SSSR count). The van der Waals surface area contributed by atoms with Gasteiger partial charge in [-0.05, 0) is 61.6 Å². The molecule has 1 saturated heterocycles. The van der Waals surface area contributed by atoms with Gasteiger partial charge >= 0.3 is 0 Å². The molecular weight excluding hydrogens is 420 g/mol. The van der Waals surface area contributed by atoms with E-state index in [1.165, 1.54) is 25.7 Å². The van der Waals surface area contributed by atoms with Crippen LogP contribution >= 0.6 is 0 Å². The summed E-state index contributed by atoms with van der Waals surface area (Å²) in [7, 11) is -3.80. The van der Waals surface area contributed by atoms with Crippen LogP contribution in [0.1, 0.15) is 49.7 Å². The van der Waals surface area contributed by atoms with Crippen LogP contribution in [-0.2, 0) is 21.2 Å².